The van der Waals surface area contributed by atoms with Gasteiger partial charge in [-0.1, -0.05) is 0 Å². The molecular weight excluding hydrogens is 336 g/mol. The van der Waals surface area contributed by atoms with Crippen LogP contribution in [0.3, 0.4) is 0 Å². The first-order valence-corrected chi connectivity index (χ1v) is 9.63. The van der Waals surface area contributed by atoms with Crippen LogP contribution in [0.2, 0.25) is 0 Å². The molecule has 4 fully saturated rings. The number of hydrogen-bond donors (Lipinski definition) is 1. The second-order valence-corrected chi connectivity index (χ2v) is 8.85. The van der Waals surface area contributed by atoms with E-state index in [2.05, 4.69) is 0 Å². The molecule has 0 aromatic carbocycles. The summed E-state index contributed by atoms with van der Waals surface area (Å²) in [7, 11) is 1.28. The third kappa shape index (κ3) is 1.81. The van der Waals surface area contributed by atoms with Gasteiger partial charge in [0.25, 0.3) is 0 Å². The van der Waals surface area contributed by atoms with Crippen molar-refractivity contribution in [3.8, 4) is 0 Å². The molecule has 6 nitrogen and oxygen atoms in total. The SMILES string of the molecule is COC(=O)[C@]12C(=O)CCC[C@H]1CC(=O)[C@H]1[C@@H]2CC[C@@]2(C)C(=O)CC[C@@]12O. The van der Waals surface area contributed by atoms with Gasteiger partial charge in [0, 0.05) is 19.3 Å². The normalized spacial score (nSPS) is 47.8. The number of ketones is 3. The summed E-state index contributed by atoms with van der Waals surface area (Å²) in [6.45, 7) is 1.74. The van der Waals surface area contributed by atoms with Crippen molar-refractivity contribution in [2.24, 2.45) is 28.6 Å². The van der Waals surface area contributed by atoms with Crippen molar-refractivity contribution in [3.05, 3.63) is 0 Å². The Morgan fingerprint density at radius 2 is 1.85 bits per heavy atom. The lowest BCUT2D eigenvalue weighted by atomic mass is 9.43. The molecule has 0 aliphatic heterocycles. The van der Waals surface area contributed by atoms with Gasteiger partial charge in [0.15, 0.2) is 5.78 Å². The zero-order chi connectivity index (χ0) is 18.9. The smallest absolute Gasteiger partial charge is 0.319 e. The maximum Gasteiger partial charge on any atom is 0.319 e. The molecule has 0 unspecified atom stereocenters. The van der Waals surface area contributed by atoms with Crippen molar-refractivity contribution >= 4 is 23.3 Å². The van der Waals surface area contributed by atoms with Crippen LogP contribution in [0.4, 0.5) is 0 Å². The summed E-state index contributed by atoms with van der Waals surface area (Å²) < 4.78 is 5.08. The Bertz CT molecular complexity index is 703. The summed E-state index contributed by atoms with van der Waals surface area (Å²) in [4.78, 5) is 51.6. The van der Waals surface area contributed by atoms with Crippen LogP contribution in [0.1, 0.15) is 58.3 Å². The number of esters is 1. The van der Waals surface area contributed by atoms with Crippen LogP contribution < -0.4 is 0 Å². The molecule has 26 heavy (non-hydrogen) atoms. The molecule has 142 valence electrons. The maximum atomic E-state index is 13.1. The van der Waals surface area contributed by atoms with E-state index in [0.29, 0.717) is 32.1 Å². The molecule has 4 rings (SSSR count). The minimum atomic E-state index is -1.46. The molecular formula is C20H26O6. The van der Waals surface area contributed by atoms with Gasteiger partial charge in [-0.05, 0) is 50.9 Å². The van der Waals surface area contributed by atoms with Gasteiger partial charge >= 0.3 is 5.97 Å². The molecule has 6 heteroatoms. The molecule has 4 aliphatic rings. The minimum absolute atomic E-state index is 0.0181. The van der Waals surface area contributed by atoms with Crippen molar-refractivity contribution < 1.29 is 29.0 Å². The number of rotatable bonds is 1. The molecule has 0 bridgehead atoms. The summed E-state index contributed by atoms with van der Waals surface area (Å²) in [5.41, 5.74) is -3.77. The van der Waals surface area contributed by atoms with Crippen LogP contribution in [-0.2, 0) is 23.9 Å². The fourth-order valence-electron chi connectivity index (χ4n) is 6.79. The van der Waals surface area contributed by atoms with E-state index in [4.69, 9.17) is 4.74 Å². The summed E-state index contributed by atoms with van der Waals surface area (Å²) in [5, 5.41) is 11.5. The molecule has 0 heterocycles. The number of carbonyl (C=O) groups excluding carboxylic acids is 4. The zero-order valence-electron chi connectivity index (χ0n) is 15.4. The Morgan fingerprint density at radius 1 is 1.12 bits per heavy atom. The van der Waals surface area contributed by atoms with E-state index in [0.717, 1.165) is 0 Å². The Hall–Kier alpha value is -1.56. The monoisotopic (exact) mass is 362 g/mol. The summed E-state index contributed by atoms with van der Waals surface area (Å²) in [6.07, 6.45) is 3.01. The first-order valence-electron chi connectivity index (χ1n) is 9.63. The number of fused-ring (bicyclic) bond motifs is 5. The number of hydrogen-bond acceptors (Lipinski definition) is 6. The van der Waals surface area contributed by atoms with E-state index in [9.17, 15) is 24.3 Å². The summed E-state index contributed by atoms with van der Waals surface area (Å²) in [6, 6.07) is 0. The Labute approximate surface area is 152 Å². The van der Waals surface area contributed by atoms with Gasteiger partial charge in [-0.25, -0.2) is 0 Å². The number of Topliss-reactive ketones (excluding diaryl/α,β-unsaturated/α-hetero) is 3. The lowest BCUT2D eigenvalue weighted by Crippen LogP contribution is -2.69. The van der Waals surface area contributed by atoms with Crippen molar-refractivity contribution in [3.63, 3.8) is 0 Å². The second kappa shape index (κ2) is 5.47. The van der Waals surface area contributed by atoms with Crippen LogP contribution >= 0.6 is 0 Å². The molecule has 0 aromatic heterocycles. The van der Waals surface area contributed by atoms with Gasteiger partial charge in [0.2, 0.25) is 0 Å². The quantitative estimate of drug-likeness (QED) is 0.562. The molecule has 1 N–H and O–H groups in total. The lowest BCUT2D eigenvalue weighted by molar-refractivity contribution is -0.207. The molecule has 4 aliphatic carbocycles. The molecule has 0 radical (unpaired) electrons. The average molecular weight is 362 g/mol. The number of aliphatic hydroxyl groups is 1. The molecule has 4 saturated carbocycles. The Morgan fingerprint density at radius 3 is 2.54 bits per heavy atom. The van der Waals surface area contributed by atoms with Gasteiger partial charge in [-0.15, -0.1) is 0 Å². The maximum absolute atomic E-state index is 13.1. The predicted molar refractivity (Wildman–Crippen MR) is 89.9 cm³/mol. The van der Waals surface area contributed by atoms with Crippen molar-refractivity contribution in [1.29, 1.82) is 0 Å². The molecule has 0 amide bonds. The van der Waals surface area contributed by atoms with E-state index < -0.39 is 34.2 Å². The van der Waals surface area contributed by atoms with Crippen LogP contribution in [0, 0.1) is 28.6 Å². The third-order valence-electron chi connectivity index (χ3n) is 8.14. The van der Waals surface area contributed by atoms with E-state index >= 15 is 0 Å². The zero-order valence-corrected chi connectivity index (χ0v) is 15.4. The van der Waals surface area contributed by atoms with Crippen molar-refractivity contribution in [2.45, 2.75) is 63.9 Å². The molecule has 0 saturated heterocycles. The van der Waals surface area contributed by atoms with Gasteiger partial charge < -0.3 is 9.84 Å². The van der Waals surface area contributed by atoms with Gasteiger partial charge in [-0.3, -0.25) is 19.2 Å². The predicted octanol–water partition coefficient (Wildman–Crippen LogP) is 1.61. The highest BCUT2D eigenvalue weighted by molar-refractivity contribution is 6.07. The van der Waals surface area contributed by atoms with E-state index in [-0.39, 0.29) is 42.5 Å². The average Bonchev–Trinajstić information content (AvgIpc) is 2.85. The van der Waals surface area contributed by atoms with Crippen LogP contribution in [0.25, 0.3) is 0 Å². The first kappa shape index (κ1) is 17.8. The van der Waals surface area contributed by atoms with E-state index in [1.54, 1.807) is 6.92 Å². The largest absolute Gasteiger partial charge is 0.468 e. The highest BCUT2D eigenvalue weighted by Crippen LogP contribution is 2.65. The van der Waals surface area contributed by atoms with Crippen LogP contribution in [0.5, 0.6) is 0 Å². The fourth-order valence-corrected chi connectivity index (χ4v) is 6.79. The summed E-state index contributed by atoms with van der Waals surface area (Å²) in [5.74, 6) is -2.60. The van der Waals surface area contributed by atoms with E-state index in [1.807, 2.05) is 0 Å². The molecule has 6 atom stereocenters. The lowest BCUT2D eigenvalue weighted by Gasteiger charge is -2.59. The summed E-state index contributed by atoms with van der Waals surface area (Å²) >= 11 is 0. The number of methoxy groups -OCH3 is 1. The topological polar surface area (TPSA) is 97.7 Å². The highest BCUT2D eigenvalue weighted by Gasteiger charge is 2.73. The van der Waals surface area contributed by atoms with Crippen LogP contribution in [-0.4, -0.2) is 41.1 Å². The Kier molecular flexibility index (Phi) is 3.75. The second-order valence-electron chi connectivity index (χ2n) is 8.85. The van der Waals surface area contributed by atoms with Crippen molar-refractivity contribution in [1.82, 2.24) is 0 Å². The Balaban J connectivity index is 1.88. The van der Waals surface area contributed by atoms with Gasteiger partial charge in [0.05, 0.1) is 24.0 Å². The van der Waals surface area contributed by atoms with Gasteiger partial charge in [0.1, 0.15) is 17.0 Å². The molecule has 0 aromatic rings. The standard InChI is InChI=1S/C20H26O6/c1-18-8-6-12-16(19(18,25)9-7-14(18)22)13(21)10-11-4-3-5-15(23)20(11,12)17(24)26-2/h11-12,16,25H,3-10H2,1-2H3/t11-,12-,16+,18-,19+,20+/m0/s1. The highest BCUT2D eigenvalue weighted by atomic mass is 16.5. The van der Waals surface area contributed by atoms with E-state index in [1.165, 1.54) is 7.11 Å². The number of carbonyl (C=O) groups is 4. The van der Waals surface area contributed by atoms with Crippen molar-refractivity contribution in [2.75, 3.05) is 7.11 Å². The fraction of sp³-hybridized carbons (Fsp3) is 0.800. The minimum Gasteiger partial charge on any atom is -0.468 e. The van der Waals surface area contributed by atoms with Crippen LogP contribution in [0.15, 0.2) is 0 Å². The number of ether oxygens (including phenoxy) is 1. The van der Waals surface area contributed by atoms with Gasteiger partial charge in [-0.2, -0.15) is 0 Å². The third-order valence-corrected chi connectivity index (χ3v) is 8.14. The first-order chi connectivity index (χ1) is 12.2. The molecule has 0 spiro atoms.